The second kappa shape index (κ2) is 12.5. The van der Waals surface area contributed by atoms with Crippen LogP contribution >= 0.6 is 12.2 Å². The van der Waals surface area contributed by atoms with Crippen LogP contribution < -0.4 is 14.8 Å². The zero-order valence-electron chi connectivity index (χ0n) is 21.0. The van der Waals surface area contributed by atoms with Crippen molar-refractivity contribution < 1.29 is 14.3 Å². The number of thiocarbonyl (C=S) groups is 1. The molecule has 4 rings (SSSR count). The van der Waals surface area contributed by atoms with Crippen LogP contribution in [0.5, 0.6) is 11.5 Å². The Kier molecular flexibility index (Phi) is 8.95. The van der Waals surface area contributed by atoms with Crippen molar-refractivity contribution in [1.29, 1.82) is 0 Å². The Labute approximate surface area is 219 Å². The van der Waals surface area contributed by atoms with Gasteiger partial charge in [0.05, 0.1) is 6.61 Å². The van der Waals surface area contributed by atoms with Gasteiger partial charge in [0, 0.05) is 24.3 Å². The number of hydrogen-bond acceptors (Lipinski definition) is 4. The van der Waals surface area contributed by atoms with Crippen molar-refractivity contribution in [1.82, 2.24) is 4.90 Å². The quantitative estimate of drug-likeness (QED) is 0.362. The first-order valence-electron chi connectivity index (χ1n) is 12.6. The first kappa shape index (κ1) is 25.7. The molecule has 0 bridgehead atoms. The SMILES string of the molecule is CCOc1cc(C(=S)N2CCC(Cc3ccccc3)CC2)ccc1OCC(=O)Nc1ccc(C)cc1. The van der Waals surface area contributed by atoms with E-state index in [0.717, 1.165) is 54.2 Å². The minimum atomic E-state index is -0.223. The molecule has 0 aliphatic carbocycles. The van der Waals surface area contributed by atoms with Crippen LogP contribution in [0.3, 0.4) is 0 Å². The number of likely N-dealkylation sites (tertiary alicyclic amines) is 1. The average Bonchev–Trinajstić information content (AvgIpc) is 2.90. The molecule has 1 aliphatic heterocycles. The predicted molar refractivity (Wildman–Crippen MR) is 149 cm³/mol. The number of rotatable bonds is 9. The van der Waals surface area contributed by atoms with Gasteiger partial charge in [0.15, 0.2) is 18.1 Å². The molecule has 6 heteroatoms. The van der Waals surface area contributed by atoms with Crippen LogP contribution in [0, 0.1) is 12.8 Å². The molecule has 3 aromatic rings. The Morgan fingerprint density at radius 2 is 1.69 bits per heavy atom. The lowest BCUT2D eigenvalue weighted by Crippen LogP contribution is -2.38. The number of carbonyl (C=O) groups excluding carboxylic acids is 1. The summed E-state index contributed by atoms with van der Waals surface area (Å²) in [4.78, 5) is 15.5. The van der Waals surface area contributed by atoms with Gasteiger partial charge in [0.2, 0.25) is 0 Å². The maximum absolute atomic E-state index is 12.4. The number of ether oxygens (including phenoxy) is 2. The number of carbonyl (C=O) groups is 1. The van der Waals surface area contributed by atoms with Crippen molar-refractivity contribution in [3.8, 4) is 11.5 Å². The molecule has 0 atom stereocenters. The number of nitrogens with one attached hydrogen (secondary N) is 1. The summed E-state index contributed by atoms with van der Waals surface area (Å²) in [5.74, 6) is 1.59. The standard InChI is InChI=1S/C30H34N2O3S/c1-3-34-28-20-25(11-14-27(28)35-21-29(33)31-26-12-9-22(2)10-13-26)30(36)32-17-15-24(16-18-32)19-23-7-5-4-6-8-23/h4-14,20,24H,3,15-19,21H2,1-2H3,(H,31,33). The van der Waals surface area contributed by atoms with Crippen LogP contribution in [0.4, 0.5) is 5.69 Å². The molecule has 1 fully saturated rings. The maximum Gasteiger partial charge on any atom is 0.262 e. The molecule has 36 heavy (non-hydrogen) atoms. The number of anilines is 1. The van der Waals surface area contributed by atoms with E-state index in [4.69, 9.17) is 21.7 Å². The van der Waals surface area contributed by atoms with Crippen LogP contribution in [-0.2, 0) is 11.2 Å². The normalized spacial score (nSPS) is 13.8. The van der Waals surface area contributed by atoms with E-state index in [0.29, 0.717) is 24.0 Å². The summed E-state index contributed by atoms with van der Waals surface area (Å²) in [6.45, 7) is 6.24. The van der Waals surface area contributed by atoms with Crippen molar-refractivity contribution in [2.45, 2.75) is 33.1 Å². The largest absolute Gasteiger partial charge is 0.490 e. The zero-order valence-corrected chi connectivity index (χ0v) is 21.9. The summed E-state index contributed by atoms with van der Waals surface area (Å²) in [5, 5.41) is 2.85. The third kappa shape index (κ3) is 7.08. The van der Waals surface area contributed by atoms with Crippen LogP contribution in [0.25, 0.3) is 0 Å². The van der Waals surface area contributed by atoms with E-state index >= 15 is 0 Å². The monoisotopic (exact) mass is 502 g/mol. The highest BCUT2D eigenvalue weighted by Gasteiger charge is 2.22. The van der Waals surface area contributed by atoms with E-state index in [1.54, 1.807) is 0 Å². The Morgan fingerprint density at radius 1 is 0.972 bits per heavy atom. The van der Waals surface area contributed by atoms with Crippen molar-refractivity contribution in [2.24, 2.45) is 5.92 Å². The predicted octanol–water partition coefficient (Wildman–Crippen LogP) is 6.04. The van der Waals surface area contributed by atoms with Crippen molar-refractivity contribution in [2.75, 3.05) is 31.6 Å². The lowest BCUT2D eigenvalue weighted by Gasteiger charge is -2.34. The fourth-order valence-corrected chi connectivity index (χ4v) is 4.79. The summed E-state index contributed by atoms with van der Waals surface area (Å²) in [5.41, 5.74) is 4.22. The minimum absolute atomic E-state index is 0.104. The lowest BCUT2D eigenvalue weighted by atomic mass is 9.90. The van der Waals surface area contributed by atoms with Gasteiger partial charge in [-0.05, 0) is 74.9 Å². The summed E-state index contributed by atoms with van der Waals surface area (Å²) in [6.07, 6.45) is 3.38. The van der Waals surface area contributed by atoms with Crippen molar-refractivity contribution >= 4 is 28.8 Å². The van der Waals surface area contributed by atoms with Gasteiger partial charge in [-0.25, -0.2) is 0 Å². The van der Waals surface area contributed by atoms with E-state index in [-0.39, 0.29) is 12.5 Å². The van der Waals surface area contributed by atoms with Crippen molar-refractivity contribution in [3.63, 3.8) is 0 Å². The van der Waals surface area contributed by atoms with Crippen LogP contribution in [0.15, 0.2) is 72.8 Å². The first-order chi connectivity index (χ1) is 17.5. The first-order valence-corrected chi connectivity index (χ1v) is 13.0. The molecule has 5 nitrogen and oxygen atoms in total. The van der Waals surface area contributed by atoms with E-state index in [1.807, 2.05) is 56.3 Å². The smallest absolute Gasteiger partial charge is 0.262 e. The van der Waals surface area contributed by atoms with Crippen molar-refractivity contribution in [3.05, 3.63) is 89.5 Å². The molecule has 3 aromatic carbocycles. The second-order valence-corrected chi connectivity index (χ2v) is 9.61. The Balaban J connectivity index is 1.33. The molecule has 0 unspecified atom stereocenters. The third-order valence-electron chi connectivity index (χ3n) is 6.45. The number of benzene rings is 3. The molecular weight excluding hydrogens is 468 g/mol. The molecule has 1 aliphatic rings. The maximum atomic E-state index is 12.4. The minimum Gasteiger partial charge on any atom is -0.490 e. The van der Waals surface area contributed by atoms with Crippen LogP contribution in [0.2, 0.25) is 0 Å². The number of nitrogens with zero attached hydrogens (tertiary/aromatic N) is 1. The number of aryl methyl sites for hydroxylation is 1. The summed E-state index contributed by atoms with van der Waals surface area (Å²) in [7, 11) is 0. The van der Waals surface area contributed by atoms with Gasteiger partial charge in [-0.15, -0.1) is 0 Å². The number of hydrogen-bond donors (Lipinski definition) is 1. The molecule has 0 aromatic heterocycles. The average molecular weight is 503 g/mol. The topological polar surface area (TPSA) is 50.8 Å². The van der Waals surface area contributed by atoms with E-state index in [9.17, 15) is 4.79 Å². The van der Waals surface area contributed by atoms with Gasteiger partial charge in [-0.1, -0.05) is 60.2 Å². The zero-order chi connectivity index (χ0) is 25.3. The van der Waals surface area contributed by atoms with E-state index in [2.05, 4.69) is 40.5 Å². The van der Waals surface area contributed by atoms with E-state index in [1.165, 1.54) is 5.56 Å². The fraction of sp³-hybridized carbons (Fsp3) is 0.333. The van der Waals surface area contributed by atoms with Crippen LogP contribution in [0.1, 0.15) is 36.5 Å². The van der Waals surface area contributed by atoms with Crippen LogP contribution in [-0.4, -0.2) is 42.1 Å². The Morgan fingerprint density at radius 3 is 2.39 bits per heavy atom. The molecule has 1 N–H and O–H groups in total. The highest BCUT2D eigenvalue weighted by molar-refractivity contribution is 7.80. The number of piperidine rings is 1. The van der Waals surface area contributed by atoms with Gasteiger partial charge in [-0.3, -0.25) is 4.79 Å². The van der Waals surface area contributed by atoms with Gasteiger partial charge in [0.25, 0.3) is 5.91 Å². The third-order valence-corrected chi connectivity index (χ3v) is 6.95. The van der Waals surface area contributed by atoms with Gasteiger partial charge < -0.3 is 19.7 Å². The fourth-order valence-electron chi connectivity index (χ4n) is 4.48. The van der Waals surface area contributed by atoms with E-state index < -0.39 is 0 Å². The molecular formula is C30H34N2O3S. The Bertz CT molecular complexity index is 1160. The second-order valence-electron chi connectivity index (χ2n) is 9.22. The molecule has 1 saturated heterocycles. The van der Waals surface area contributed by atoms with Gasteiger partial charge >= 0.3 is 0 Å². The molecule has 188 valence electrons. The molecule has 0 saturated carbocycles. The molecule has 1 amide bonds. The molecule has 1 heterocycles. The Hall–Kier alpha value is -3.38. The molecule has 0 radical (unpaired) electrons. The number of amides is 1. The summed E-state index contributed by atoms with van der Waals surface area (Å²) >= 11 is 5.85. The molecule has 0 spiro atoms. The summed E-state index contributed by atoms with van der Waals surface area (Å²) < 4.78 is 11.6. The lowest BCUT2D eigenvalue weighted by molar-refractivity contribution is -0.118. The highest BCUT2D eigenvalue weighted by Crippen LogP contribution is 2.30. The van der Waals surface area contributed by atoms with Gasteiger partial charge in [0.1, 0.15) is 4.99 Å². The summed E-state index contributed by atoms with van der Waals surface area (Å²) in [6, 6.07) is 24.1. The highest BCUT2D eigenvalue weighted by atomic mass is 32.1. The van der Waals surface area contributed by atoms with Gasteiger partial charge in [-0.2, -0.15) is 0 Å².